The second kappa shape index (κ2) is 5.91. The molecule has 0 spiro atoms. The van der Waals surface area contributed by atoms with Crippen molar-refractivity contribution in [2.45, 2.75) is 0 Å². The summed E-state index contributed by atoms with van der Waals surface area (Å²) in [6.07, 6.45) is 2.56. The Kier molecular flexibility index (Phi) is 4.03. The van der Waals surface area contributed by atoms with Gasteiger partial charge < -0.3 is 20.3 Å². The number of rotatable bonds is 4. The second-order valence-corrected chi connectivity index (χ2v) is 4.07. The number of carboxylic acids is 1. The van der Waals surface area contributed by atoms with Crippen LogP contribution in [0.25, 0.3) is 0 Å². The van der Waals surface area contributed by atoms with E-state index in [-0.39, 0.29) is 28.3 Å². The fourth-order valence-electron chi connectivity index (χ4n) is 1.71. The van der Waals surface area contributed by atoms with Gasteiger partial charge >= 0.3 is 5.97 Å². The molecule has 21 heavy (non-hydrogen) atoms. The molecule has 1 aromatic carbocycles. The minimum absolute atomic E-state index is 0.0731. The van der Waals surface area contributed by atoms with E-state index < -0.39 is 11.9 Å². The molecule has 1 aromatic heterocycles. The summed E-state index contributed by atoms with van der Waals surface area (Å²) in [5.41, 5.74) is 0.162. The number of nitrogens with one attached hydrogen (secondary N) is 1. The number of hydrogen-bond acceptors (Lipinski definition) is 5. The van der Waals surface area contributed by atoms with Crippen LogP contribution in [-0.4, -0.2) is 34.2 Å². The fraction of sp³-hybridized carbons (Fsp3) is 0.0714. The molecular formula is C14H12N2O5. The van der Waals surface area contributed by atoms with Crippen molar-refractivity contribution in [3.05, 3.63) is 47.8 Å². The molecule has 0 radical (unpaired) electrons. The molecular weight excluding hydrogens is 276 g/mol. The largest absolute Gasteiger partial charge is 0.504 e. The van der Waals surface area contributed by atoms with Crippen molar-refractivity contribution in [2.75, 3.05) is 12.4 Å². The van der Waals surface area contributed by atoms with Crippen LogP contribution in [0.15, 0.2) is 36.7 Å². The first-order valence-corrected chi connectivity index (χ1v) is 5.88. The molecule has 0 aliphatic carbocycles. The Morgan fingerprint density at radius 2 is 2.05 bits per heavy atom. The number of ether oxygens (including phenoxy) is 1. The maximum Gasteiger partial charge on any atom is 0.337 e. The van der Waals surface area contributed by atoms with Gasteiger partial charge in [-0.1, -0.05) is 0 Å². The average Bonchev–Trinajstić information content (AvgIpc) is 2.47. The molecule has 7 nitrogen and oxygen atoms in total. The van der Waals surface area contributed by atoms with Gasteiger partial charge in [-0.2, -0.15) is 0 Å². The summed E-state index contributed by atoms with van der Waals surface area (Å²) in [5.74, 6) is -1.69. The number of methoxy groups -OCH3 is 1. The highest BCUT2D eigenvalue weighted by atomic mass is 16.5. The van der Waals surface area contributed by atoms with E-state index in [2.05, 4.69) is 10.3 Å². The SMILES string of the molecule is COc1ccc(C(=O)Nc2cnccc2C(=O)O)cc1O. The van der Waals surface area contributed by atoms with Gasteiger partial charge in [0.2, 0.25) is 0 Å². The number of aromatic hydroxyl groups is 1. The standard InChI is InChI=1S/C14H12N2O5/c1-21-12-3-2-8(6-11(12)17)13(18)16-10-7-15-5-4-9(10)14(19)20/h2-7,17H,1H3,(H,16,18)(H,19,20). The van der Waals surface area contributed by atoms with Gasteiger partial charge in [-0.3, -0.25) is 9.78 Å². The molecule has 0 bridgehead atoms. The van der Waals surface area contributed by atoms with Crippen LogP contribution in [0.4, 0.5) is 5.69 Å². The Labute approximate surface area is 119 Å². The maximum atomic E-state index is 12.1. The Morgan fingerprint density at radius 3 is 2.67 bits per heavy atom. The zero-order valence-corrected chi connectivity index (χ0v) is 11.0. The highest BCUT2D eigenvalue weighted by Crippen LogP contribution is 2.26. The first-order chi connectivity index (χ1) is 10.0. The second-order valence-electron chi connectivity index (χ2n) is 4.07. The van der Waals surface area contributed by atoms with Crippen LogP contribution in [0.5, 0.6) is 11.5 Å². The van der Waals surface area contributed by atoms with Gasteiger partial charge in [0.1, 0.15) is 0 Å². The maximum absolute atomic E-state index is 12.1. The molecule has 0 saturated carbocycles. The third-order valence-electron chi connectivity index (χ3n) is 2.74. The quantitative estimate of drug-likeness (QED) is 0.790. The Balaban J connectivity index is 2.26. The molecule has 0 unspecified atom stereocenters. The Hall–Kier alpha value is -3.09. The number of carboxylic acid groups (broad SMARTS) is 1. The molecule has 108 valence electrons. The van der Waals surface area contributed by atoms with Crippen LogP contribution in [0, 0.1) is 0 Å². The Bertz CT molecular complexity index is 700. The number of anilines is 1. The van der Waals surface area contributed by atoms with E-state index in [1.54, 1.807) is 0 Å². The van der Waals surface area contributed by atoms with Crippen molar-refractivity contribution in [3.8, 4) is 11.5 Å². The molecule has 2 aromatic rings. The van der Waals surface area contributed by atoms with Crippen molar-refractivity contribution in [1.29, 1.82) is 0 Å². The number of benzene rings is 1. The number of aromatic nitrogens is 1. The topological polar surface area (TPSA) is 109 Å². The van der Waals surface area contributed by atoms with E-state index in [1.807, 2.05) is 0 Å². The Morgan fingerprint density at radius 1 is 1.29 bits per heavy atom. The van der Waals surface area contributed by atoms with Crippen LogP contribution in [0.2, 0.25) is 0 Å². The van der Waals surface area contributed by atoms with Gasteiger partial charge in [-0.25, -0.2) is 4.79 Å². The number of phenolic OH excluding ortho intramolecular Hbond substituents is 1. The van der Waals surface area contributed by atoms with Gasteiger partial charge in [-0.15, -0.1) is 0 Å². The monoisotopic (exact) mass is 288 g/mol. The predicted molar refractivity (Wildman–Crippen MR) is 73.8 cm³/mol. The number of carbonyl (C=O) groups is 2. The molecule has 1 amide bonds. The minimum Gasteiger partial charge on any atom is -0.504 e. The summed E-state index contributed by atoms with van der Waals surface area (Å²) in [7, 11) is 1.39. The number of phenols is 1. The first-order valence-electron chi connectivity index (χ1n) is 5.88. The molecule has 3 N–H and O–H groups in total. The molecule has 2 rings (SSSR count). The molecule has 0 saturated heterocycles. The van der Waals surface area contributed by atoms with E-state index in [9.17, 15) is 14.7 Å². The lowest BCUT2D eigenvalue weighted by atomic mass is 10.1. The minimum atomic E-state index is -1.18. The summed E-state index contributed by atoms with van der Waals surface area (Å²) in [6, 6.07) is 5.39. The third kappa shape index (κ3) is 3.08. The highest BCUT2D eigenvalue weighted by Gasteiger charge is 2.14. The molecule has 1 heterocycles. The summed E-state index contributed by atoms with van der Waals surface area (Å²) in [4.78, 5) is 26.9. The van der Waals surface area contributed by atoms with Crippen LogP contribution in [0.1, 0.15) is 20.7 Å². The van der Waals surface area contributed by atoms with Crippen LogP contribution < -0.4 is 10.1 Å². The smallest absolute Gasteiger partial charge is 0.337 e. The normalized spacial score (nSPS) is 9.95. The fourth-order valence-corrected chi connectivity index (χ4v) is 1.71. The van der Waals surface area contributed by atoms with Crippen molar-refractivity contribution in [2.24, 2.45) is 0 Å². The van der Waals surface area contributed by atoms with Crippen LogP contribution >= 0.6 is 0 Å². The number of carbonyl (C=O) groups excluding carboxylic acids is 1. The number of nitrogens with zero attached hydrogens (tertiary/aromatic N) is 1. The zero-order chi connectivity index (χ0) is 15.4. The van der Waals surface area contributed by atoms with Gasteiger partial charge in [0.05, 0.1) is 24.6 Å². The van der Waals surface area contributed by atoms with Crippen molar-refractivity contribution < 1.29 is 24.5 Å². The lowest BCUT2D eigenvalue weighted by molar-refractivity contribution is 0.0698. The predicted octanol–water partition coefficient (Wildman–Crippen LogP) is 1.75. The summed E-state index contributed by atoms with van der Waals surface area (Å²) < 4.78 is 4.88. The average molecular weight is 288 g/mol. The van der Waals surface area contributed by atoms with Gasteiger partial charge in [0.25, 0.3) is 5.91 Å². The molecule has 0 aliphatic heterocycles. The molecule has 7 heteroatoms. The van der Waals surface area contributed by atoms with Crippen LogP contribution in [0.3, 0.4) is 0 Å². The number of aromatic carboxylic acids is 1. The van der Waals surface area contributed by atoms with Crippen molar-refractivity contribution in [1.82, 2.24) is 4.98 Å². The lowest BCUT2D eigenvalue weighted by Crippen LogP contribution is -2.15. The summed E-state index contributed by atoms with van der Waals surface area (Å²) >= 11 is 0. The molecule has 0 atom stereocenters. The number of pyridine rings is 1. The number of hydrogen-bond donors (Lipinski definition) is 3. The van der Waals surface area contributed by atoms with E-state index in [0.717, 1.165) is 0 Å². The van der Waals surface area contributed by atoms with Gasteiger partial charge in [0.15, 0.2) is 11.5 Å². The van der Waals surface area contributed by atoms with Crippen molar-refractivity contribution >= 4 is 17.6 Å². The van der Waals surface area contributed by atoms with Gasteiger partial charge in [0, 0.05) is 11.8 Å². The zero-order valence-electron chi connectivity index (χ0n) is 11.0. The highest BCUT2D eigenvalue weighted by molar-refractivity contribution is 6.07. The summed E-state index contributed by atoms with van der Waals surface area (Å²) in [6.45, 7) is 0. The van der Waals surface area contributed by atoms with Crippen LogP contribution in [-0.2, 0) is 0 Å². The molecule has 0 fully saturated rings. The van der Waals surface area contributed by atoms with Crippen molar-refractivity contribution in [3.63, 3.8) is 0 Å². The first kappa shape index (κ1) is 14.3. The number of amides is 1. The van der Waals surface area contributed by atoms with E-state index in [0.29, 0.717) is 0 Å². The van der Waals surface area contributed by atoms with E-state index >= 15 is 0 Å². The third-order valence-corrected chi connectivity index (χ3v) is 2.74. The van der Waals surface area contributed by atoms with E-state index in [4.69, 9.17) is 9.84 Å². The molecule has 0 aliphatic rings. The summed E-state index contributed by atoms with van der Waals surface area (Å²) in [5, 5.41) is 21.1. The lowest BCUT2D eigenvalue weighted by Gasteiger charge is -2.09. The van der Waals surface area contributed by atoms with E-state index in [1.165, 1.54) is 43.8 Å². The van der Waals surface area contributed by atoms with Gasteiger partial charge in [-0.05, 0) is 24.3 Å².